The Morgan fingerprint density at radius 1 is 1.16 bits per heavy atom. The Morgan fingerprint density at radius 3 is 2.68 bits per heavy atom. The highest BCUT2D eigenvalue weighted by Crippen LogP contribution is 2.31. The standard InChI is InChI=1S/C30H32FN3O4/c1-2-38-28-15-24-22(18-34(30(24)37)12-11-19-7-9-23(31)10-8-19)13-25(28)29(36)33-17-27(35)26-14-20-5-3-4-6-21(20)16-32-26/h3-10,13,15,26-27,32,35H,2,11-12,14,16-18H2,1H3,(H,33,36). The summed E-state index contributed by atoms with van der Waals surface area (Å²) in [7, 11) is 0. The van der Waals surface area contributed by atoms with Crippen molar-refractivity contribution < 1.29 is 23.8 Å². The average Bonchev–Trinajstić information content (AvgIpc) is 3.24. The summed E-state index contributed by atoms with van der Waals surface area (Å²) >= 11 is 0. The molecule has 38 heavy (non-hydrogen) atoms. The lowest BCUT2D eigenvalue weighted by atomic mass is 9.93. The first-order valence-corrected chi connectivity index (χ1v) is 13.0. The maximum Gasteiger partial charge on any atom is 0.255 e. The molecule has 0 bridgehead atoms. The molecule has 2 aliphatic rings. The van der Waals surface area contributed by atoms with Crippen molar-refractivity contribution in [2.75, 3.05) is 19.7 Å². The van der Waals surface area contributed by atoms with Crippen LogP contribution in [0.25, 0.3) is 0 Å². The van der Waals surface area contributed by atoms with E-state index in [1.807, 2.05) is 19.1 Å². The Labute approximate surface area is 221 Å². The van der Waals surface area contributed by atoms with Gasteiger partial charge in [-0.1, -0.05) is 36.4 Å². The van der Waals surface area contributed by atoms with Gasteiger partial charge >= 0.3 is 0 Å². The van der Waals surface area contributed by atoms with Crippen LogP contribution in [0.15, 0.2) is 60.7 Å². The second-order valence-corrected chi connectivity index (χ2v) is 9.78. The van der Waals surface area contributed by atoms with Crippen LogP contribution in [0, 0.1) is 5.82 Å². The number of halogens is 1. The number of amides is 2. The van der Waals surface area contributed by atoms with Crippen LogP contribution in [0.5, 0.6) is 5.75 Å². The molecule has 2 unspecified atom stereocenters. The molecule has 2 aliphatic heterocycles. The zero-order valence-corrected chi connectivity index (χ0v) is 21.4. The highest BCUT2D eigenvalue weighted by Gasteiger charge is 2.31. The van der Waals surface area contributed by atoms with Gasteiger partial charge in [0.05, 0.1) is 18.3 Å². The van der Waals surface area contributed by atoms with E-state index in [-0.39, 0.29) is 30.2 Å². The summed E-state index contributed by atoms with van der Waals surface area (Å²) in [4.78, 5) is 28.0. The lowest BCUT2D eigenvalue weighted by Gasteiger charge is -2.30. The number of carbonyl (C=O) groups excluding carboxylic acids is 2. The number of fused-ring (bicyclic) bond motifs is 2. The number of aliphatic hydroxyl groups excluding tert-OH is 1. The fraction of sp³-hybridized carbons (Fsp3) is 0.333. The highest BCUT2D eigenvalue weighted by atomic mass is 19.1. The molecular weight excluding hydrogens is 485 g/mol. The predicted octanol–water partition coefficient (Wildman–Crippen LogP) is 3.23. The van der Waals surface area contributed by atoms with Crippen molar-refractivity contribution in [1.82, 2.24) is 15.5 Å². The van der Waals surface area contributed by atoms with E-state index in [1.54, 1.807) is 29.2 Å². The monoisotopic (exact) mass is 517 g/mol. The molecule has 0 aromatic heterocycles. The van der Waals surface area contributed by atoms with E-state index >= 15 is 0 Å². The molecule has 198 valence electrons. The van der Waals surface area contributed by atoms with E-state index in [1.165, 1.54) is 23.3 Å². The summed E-state index contributed by atoms with van der Waals surface area (Å²) in [6.07, 6.45) is 0.524. The maximum absolute atomic E-state index is 13.2. The molecule has 0 saturated heterocycles. The van der Waals surface area contributed by atoms with E-state index < -0.39 is 6.10 Å². The van der Waals surface area contributed by atoms with Crippen molar-refractivity contribution in [2.24, 2.45) is 0 Å². The fourth-order valence-corrected chi connectivity index (χ4v) is 5.14. The van der Waals surface area contributed by atoms with Gasteiger partial charge in [0.1, 0.15) is 11.6 Å². The van der Waals surface area contributed by atoms with Crippen LogP contribution in [0.2, 0.25) is 0 Å². The molecule has 3 aromatic rings. The van der Waals surface area contributed by atoms with Gasteiger partial charge in [-0.3, -0.25) is 9.59 Å². The van der Waals surface area contributed by atoms with Crippen LogP contribution in [-0.2, 0) is 25.9 Å². The van der Waals surface area contributed by atoms with Crippen LogP contribution in [0.1, 0.15) is 49.9 Å². The Balaban J connectivity index is 1.24. The van der Waals surface area contributed by atoms with Crippen LogP contribution in [0.4, 0.5) is 4.39 Å². The molecule has 5 rings (SSSR count). The third-order valence-corrected chi connectivity index (χ3v) is 7.26. The largest absolute Gasteiger partial charge is 0.493 e. The lowest BCUT2D eigenvalue weighted by molar-refractivity contribution is 0.0779. The zero-order chi connectivity index (χ0) is 26.6. The molecule has 0 spiro atoms. The van der Waals surface area contributed by atoms with Crippen molar-refractivity contribution in [3.8, 4) is 5.75 Å². The van der Waals surface area contributed by atoms with Crippen LogP contribution >= 0.6 is 0 Å². The van der Waals surface area contributed by atoms with E-state index in [9.17, 15) is 19.1 Å². The zero-order valence-electron chi connectivity index (χ0n) is 21.4. The van der Waals surface area contributed by atoms with Gasteiger partial charge in [-0.15, -0.1) is 0 Å². The van der Waals surface area contributed by atoms with Gasteiger partial charge in [-0.05, 0) is 66.3 Å². The molecule has 0 fully saturated rings. The van der Waals surface area contributed by atoms with Crippen molar-refractivity contribution in [2.45, 2.75) is 45.0 Å². The van der Waals surface area contributed by atoms with E-state index in [0.717, 1.165) is 11.1 Å². The molecule has 3 aromatic carbocycles. The van der Waals surface area contributed by atoms with Gasteiger partial charge in [-0.2, -0.15) is 0 Å². The average molecular weight is 518 g/mol. The first-order valence-electron chi connectivity index (χ1n) is 13.0. The molecule has 7 nitrogen and oxygen atoms in total. The number of hydrogen-bond donors (Lipinski definition) is 3. The van der Waals surface area contributed by atoms with Crippen LogP contribution in [-0.4, -0.2) is 53.7 Å². The van der Waals surface area contributed by atoms with Gasteiger partial charge in [-0.25, -0.2) is 4.39 Å². The first kappa shape index (κ1) is 25.9. The smallest absolute Gasteiger partial charge is 0.255 e. The van der Waals surface area contributed by atoms with Crippen molar-refractivity contribution in [3.05, 3.63) is 99.9 Å². The first-order chi connectivity index (χ1) is 18.4. The van der Waals surface area contributed by atoms with Crippen LogP contribution < -0.4 is 15.4 Å². The quantitative estimate of drug-likeness (QED) is 0.406. The summed E-state index contributed by atoms with van der Waals surface area (Å²) in [6.45, 7) is 3.79. The Morgan fingerprint density at radius 2 is 1.92 bits per heavy atom. The number of benzene rings is 3. The Kier molecular flexibility index (Phi) is 7.72. The molecule has 0 aliphatic carbocycles. The molecule has 2 amide bonds. The molecule has 0 radical (unpaired) electrons. The minimum Gasteiger partial charge on any atom is -0.493 e. The lowest BCUT2D eigenvalue weighted by Crippen LogP contribution is -2.49. The van der Waals surface area contributed by atoms with Crippen molar-refractivity contribution in [3.63, 3.8) is 0 Å². The predicted molar refractivity (Wildman–Crippen MR) is 142 cm³/mol. The molecule has 3 N–H and O–H groups in total. The third kappa shape index (κ3) is 5.56. The van der Waals surface area contributed by atoms with Crippen LogP contribution in [0.3, 0.4) is 0 Å². The topological polar surface area (TPSA) is 90.9 Å². The van der Waals surface area contributed by atoms with Gasteiger partial charge in [0.15, 0.2) is 0 Å². The number of carbonyl (C=O) groups is 2. The van der Waals surface area contributed by atoms with E-state index in [2.05, 4.69) is 22.8 Å². The SMILES string of the molecule is CCOc1cc2c(cc1C(=O)NCC(O)C1Cc3ccccc3CN1)CN(CCc1ccc(F)cc1)C2=O. The Bertz CT molecular complexity index is 1330. The second-order valence-electron chi connectivity index (χ2n) is 9.78. The third-order valence-electron chi connectivity index (χ3n) is 7.26. The number of nitrogens with one attached hydrogen (secondary N) is 2. The maximum atomic E-state index is 13.2. The summed E-state index contributed by atoms with van der Waals surface area (Å²) in [5, 5.41) is 17.0. The molecule has 8 heteroatoms. The van der Waals surface area contributed by atoms with Gasteiger partial charge in [0.25, 0.3) is 11.8 Å². The minimum absolute atomic E-state index is 0.0873. The number of hydrogen-bond acceptors (Lipinski definition) is 5. The number of nitrogens with zero attached hydrogens (tertiary/aromatic N) is 1. The van der Waals surface area contributed by atoms with E-state index in [0.29, 0.717) is 56.0 Å². The van der Waals surface area contributed by atoms with Crippen molar-refractivity contribution in [1.29, 1.82) is 0 Å². The van der Waals surface area contributed by atoms with Gasteiger partial charge in [0.2, 0.25) is 0 Å². The molecule has 2 heterocycles. The number of rotatable bonds is 9. The van der Waals surface area contributed by atoms with Gasteiger partial charge in [0, 0.05) is 37.8 Å². The summed E-state index contributed by atoms with van der Waals surface area (Å²) in [6, 6.07) is 17.6. The highest BCUT2D eigenvalue weighted by molar-refractivity contribution is 6.03. The summed E-state index contributed by atoms with van der Waals surface area (Å²) in [5.74, 6) is -0.421. The molecular formula is C30H32FN3O4. The van der Waals surface area contributed by atoms with Crippen molar-refractivity contribution >= 4 is 11.8 Å². The summed E-state index contributed by atoms with van der Waals surface area (Å²) in [5.41, 5.74) is 4.99. The fourth-order valence-electron chi connectivity index (χ4n) is 5.14. The minimum atomic E-state index is -0.763. The second kappa shape index (κ2) is 11.3. The normalized spacial score (nSPS) is 17.1. The molecule has 0 saturated carbocycles. The Hall–Kier alpha value is -3.75. The van der Waals surface area contributed by atoms with Gasteiger partial charge < -0.3 is 25.4 Å². The molecule has 2 atom stereocenters. The number of aliphatic hydroxyl groups is 1. The summed E-state index contributed by atoms with van der Waals surface area (Å²) < 4.78 is 18.9. The number of ether oxygens (including phenoxy) is 1. The van der Waals surface area contributed by atoms with E-state index in [4.69, 9.17) is 4.74 Å².